The van der Waals surface area contributed by atoms with Gasteiger partial charge in [-0.15, -0.1) is 0 Å². The summed E-state index contributed by atoms with van der Waals surface area (Å²) in [6, 6.07) is 127. The highest BCUT2D eigenvalue weighted by molar-refractivity contribution is 6.30. The number of rotatable bonds is 5. The SMILES string of the molecule is Clc1ccc2c(n1)-c1cccc3cccc-2c13.c1ccc(-n2c3ccc(-c4ccc5[nH]c6ccccc6c5c4)cc3c3ccc4ccccc4c32)cc1.c1ccc(-n2c3ccc(-c4ccc5c(c4)c4ccccc4n5-c4ccc5c(n4)-c4cccc6cccc-5c46)cc3c3ccc4ccccc4c32)cc1. The van der Waals surface area contributed by atoms with Gasteiger partial charge in [0.05, 0.1) is 44.5 Å². The lowest BCUT2D eigenvalue weighted by Crippen LogP contribution is -1.98. The minimum Gasteiger partial charge on any atom is -0.355 e. The number of hydrogen-bond acceptors (Lipinski definition) is 2. The van der Waals surface area contributed by atoms with Crippen LogP contribution in [0.5, 0.6) is 0 Å². The Morgan fingerprint density at radius 1 is 0.238 bits per heavy atom. The summed E-state index contributed by atoms with van der Waals surface area (Å²) in [5.74, 6) is 0.935. The molecule has 0 saturated heterocycles. The van der Waals surface area contributed by atoms with Gasteiger partial charge in [-0.25, -0.2) is 9.97 Å². The number of aromatic nitrogens is 6. The molecule has 22 aromatic rings. The van der Waals surface area contributed by atoms with Crippen LogP contribution in [0, 0.1) is 0 Å². The Hall–Kier alpha value is -13.7. The van der Waals surface area contributed by atoms with Crippen molar-refractivity contribution in [2.24, 2.45) is 0 Å². The van der Waals surface area contributed by atoms with Crippen molar-refractivity contribution in [2.45, 2.75) is 0 Å². The van der Waals surface area contributed by atoms with Crippen molar-refractivity contribution >= 4 is 142 Å². The summed E-state index contributed by atoms with van der Waals surface area (Å²) >= 11 is 5.99. The molecule has 0 spiro atoms. The molecular weight excluding hydrogens is 1300 g/mol. The number of nitrogens with zero attached hydrogens (tertiary/aromatic N) is 5. The van der Waals surface area contributed by atoms with E-state index < -0.39 is 0 Å². The largest absolute Gasteiger partial charge is 0.355 e. The van der Waals surface area contributed by atoms with Crippen LogP contribution in [0.1, 0.15) is 0 Å². The third-order valence-corrected chi connectivity index (χ3v) is 22.3. The van der Waals surface area contributed by atoms with Crippen molar-refractivity contribution in [2.75, 3.05) is 0 Å². The van der Waals surface area contributed by atoms with Crippen LogP contribution in [-0.2, 0) is 0 Å². The lowest BCUT2D eigenvalue weighted by molar-refractivity contribution is 1.09. The number of benzene rings is 16. The predicted octanol–water partition coefficient (Wildman–Crippen LogP) is 26.7. The minimum atomic E-state index is 0.550. The summed E-state index contributed by atoms with van der Waals surface area (Å²) in [6.07, 6.45) is 0. The summed E-state index contributed by atoms with van der Waals surface area (Å²) in [4.78, 5) is 13.4. The Labute approximate surface area is 607 Å². The first-order chi connectivity index (χ1) is 52.0. The van der Waals surface area contributed by atoms with Gasteiger partial charge in [-0.3, -0.25) is 4.57 Å². The molecule has 16 aromatic carbocycles. The fourth-order valence-corrected chi connectivity index (χ4v) is 17.6. The third-order valence-electron chi connectivity index (χ3n) is 22.0. The van der Waals surface area contributed by atoms with Crippen molar-refractivity contribution in [3.8, 4) is 84.2 Å². The van der Waals surface area contributed by atoms with Crippen molar-refractivity contribution in [1.29, 1.82) is 0 Å². The average molecular weight is 1360 g/mol. The van der Waals surface area contributed by atoms with Gasteiger partial charge >= 0.3 is 0 Å². The van der Waals surface area contributed by atoms with E-state index in [1.54, 1.807) is 0 Å². The Balaban J connectivity index is 0.000000112. The molecule has 0 bridgehead atoms. The molecule has 6 heterocycles. The van der Waals surface area contributed by atoms with Gasteiger partial charge in [0.25, 0.3) is 0 Å². The van der Waals surface area contributed by atoms with E-state index in [1.807, 2.05) is 6.07 Å². The van der Waals surface area contributed by atoms with E-state index >= 15 is 0 Å². The van der Waals surface area contributed by atoms with Crippen molar-refractivity contribution in [3.05, 3.63) is 357 Å². The normalized spacial score (nSPS) is 12.0. The van der Waals surface area contributed by atoms with E-state index in [0.29, 0.717) is 5.15 Å². The molecule has 7 heteroatoms. The van der Waals surface area contributed by atoms with E-state index in [1.165, 1.54) is 186 Å². The van der Waals surface area contributed by atoms with Crippen LogP contribution in [0.25, 0.3) is 215 Å². The van der Waals surface area contributed by atoms with Gasteiger partial charge in [-0.2, -0.15) is 0 Å². The second kappa shape index (κ2) is 23.2. The van der Waals surface area contributed by atoms with Crippen LogP contribution in [0.15, 0.2) is 352 Å². The Kier molecular flexibility index (Phi) is 13.0. The van der Waals surface area contributed by atoms with E-state index in [-0.39, 0.29) is 0 Å². The van der Waals surface area contributed by atoms with Gasteiger partial charge in [-0.05, 0) is 175 Å². The molecule has 0 atom stereocenters. The fourth-order valence-electron chi connectivity index (χ4n) is 17.4. The van der Waals surface area contributed by atoms with Crippen LogP contribution in [0.3, 0.4) is 0 Å². The molecule has 2 aliphatic rings. The average Bonchev–Trinajstić information content (AvgIpc) is 1.61. The number of pyridine rings is 2. The second-order valence-corrected chi connectivity index (χ2v) is 28.1. The van der Waals surface area contributed by atoms with Crippen LogP contribution >= 0.6 is 11.6 Å². The Bertz CT molecular complexity index is 7410. The minimum absolute atomic E-state index is 0.550. The number of aromatic amines is 1. The van der Waals surface area contributed by atoms with E-state index in [0.717, 1.165) is 28.2 Å². The van der Waals surface area contributed by atoms with Crippen LogP contribution in [0.2, 0.25) is 5.15 Å². The zero-order chi connectivity index (χ0) is 69.0. The maximum absolute atomic E-state index is 5.99. The number of para-hydroxylation sites is 4. The molecule has 6 nitrogen and oxygen atoms in total. The predicted molar refractivity (Wildman–Crippen MR) is 442 cm³/mol. The molecule has 1 N–H and O–H groups in total. The van der Waals surface area contributed by atoms with Gasteiger partial charge in [0.1, 0.15) is 11.0 Å². The smallest absolute Gasteiger partial charge is 0.138 e. The van der Waals surface area contributed by atoms with Crippen molar-refractivity contribution in [1.82, 2.24) is 28.7 Å². The highest BCUT2D eigenvalue weighted by Gasteiger charge is 2.26. The Morgan fingerprint density at radius 3 is 1.21 bits per heavy atom. The quantitative estimate of drug-likeness (QED) is 0.175. The first kappa shape index (κ1) is 59.1. The maximum atomic E-state index is 5.99. The van der Waals surface area contributed by atoms with E-state index in [4.69, 9.17) is 16.6 Å². The molecule has 0 unspecified atom stereocenters. The van der Waals surface area contributed by atoms with E-state index in [2.05, 4.69) is 369 Å². The standard InChI is InChI=1S/C49H29N3.C34H22N2.C15H8ClN/c1-2-13-34(14-3-1)51-44-25-21-33(29-42(44)39-23-20-30-10-4-5-15-35(30)49(39)51)32-22-26-45-41(28-32)36-16-6-7-19-43(36)52(45)46-27-24-38-37-17-8-11-31-12-9-18-40(47(31)37)48(38)50-46;1-2-9-25(10-3-1)36-33-19-16-24(21-30(33)28-17-14-22-8-4-5-11-26(22)34(28)36)23-15-18-32-29(20-23)27-12-6-7-13-31(27)35-32;16-13-8-7-11-10-5-1-3-9-4-2-6-12(14(9)10)15(11)17-13/h1-29H;1-21,35H;1-8H. The molecular formula is C98H59ClN6. The zero-order valence-electron chi connectivity index (χ0n) is 56.6. The van der Waals surface area contributed by atoms with Crippen LogP contribution in [0.4, 0.5) is 0 Å². The third kappa shape index (κ3) is 9.10. The number of fused-ring (bicyclic) bond motifs is 22. The molecule has 105 heavy (non-hydrogen) atoms. The molecule has 2 aliphatic carbocycles. The summed E-state index contributed by atoms with van der Waals surface area (Å²) in [5, 5.41) is 20.7. The molecule has 0 fully saturated rings. The fraction of sp³-hybridized carbons (Fsp3) is 0. The molecule has 0 aliphatic heterocycles. The Morgan fingerprint density at radius 2 is 0.648 bits per heavy atom. The summed E-state index contributed by atoms with van der Waals surface area (Å²) < 4.78 is 7.18. The summed E-state index contributed by atoms with van der Waals surface area (Å²) in [5.41, 5.74) is 26.2. The van der Waals surface area contributed by atoms with Gasteiger partial charge in [0.2, 0.25) is 0 Å². The van der Waals surface area contributed by atoms with Crippen molar-refractivity contribution < 1.29 is 0 Å². The molecule has 0 radical (unpaired) electrons. The van der Waals surface area contributed by atoms with Crippen LogP contribution in [-0.4, -0.2) is 28.7 Å². The highest BCUT2D eigenvalue weighted by Crippen LogP contribution is 2.50. The number of nitrogens with one attached hydrogen (secondary N) is 1. The van der Waals surface area contributed by atoms with E-state index in [9.17, 15) is 0 Å². The highest BCUT2D eigenvalue weighted by atomic mass is 35.5. The van der Waals surface area contributed by atoms with Crippen molar-refractivity contribution in [3.63, 3.8) is 0 Å². The molecule has 0 saturated carbocycles. The lowest BCUT2D eigenvalue weighted by atomic mass is 10.00. The van der Waals surface area contributed by atoms with Gasteiger partial charge in [0.15, 0.2) is 0 Å². The first-order valence-electron chi connectivity index (χ1n) is 35.8. The molecule has 6 aromatic heterocycles. The zero-order valence-corrected chi connectivity index (χ0v) is 57.4. The number of hydrogen-bond donors (Lipinski definition) is 1. The number of H-pyrrole nitrogens is 1. The molecule has 488 valence electrons. The monoisotopic (exact) mass is 1350 g/mol. The molecule has 0 amide bonds. The van der Waals surface area contributed by atoms with Gasteiger partial charge in [0, 0.05) is 98.5 Å². The summed E-state index contributed by atoms with van der Waals surface area (Å²) in [7, 11) is 0. The lowest BCUT2D eigenvalue weighted by Gasteiger charge is -2.11. The maximum Gasteiger partial charge on any atom is 0.138 e. The topological polar surface area (TPSA) is 56.4 Å². The van der Waals surface area contributed by atoms with Gasteiger partial charge < -0.3 is 14.1 Å². The second-order valence-electron chi connectivity index (χ2n) is 27.7. The number of halogens is 1. The molecule has 24 rings (SSSR count). The first-order valence-corrected chi connectivity index (χ1v) is 36.2. The van der Waals surface area contributed by atoms with Crippen LogP contribution < -0.4 is 0 Å². The van der Waals surface area contributed by atoms with Gasteiger partial charge in [-0.1, -0.05) is 254 Å². The summed E-state index contributed by atoms with van der Waals surface area (Å²) in [6.45, 7) is 0.